The Morgan fingerprint density at radius 1 is 1.29 bits per heavy atom. The summed E-state index contributed by atoms with van der Waals surface area (Å²) in [5.41, 5.74) is 0. The van der Waals surface area contributed by atoms with E-state index in [4.69, 9.17) is 0 Å². The van der Waals surface area contributed by atoms with E-state index in [1.165, 1.54) is 45.4 Å². The van der Waals surface area contributed by atoms with Gasteiger partial charge in [-0.15, -0.1) is 0 Å². The molecule has 3 heteroatoms. The van der Waals surface area contributed by atoms with E-state index in [9.17, 15) is 0 Å². The number of hydrogen-bond donors (Lipinski definition) is 1. The molecule has 0 aliphatic carbocycles. The van der Waals surface area contributed by atoms with Gasteiger partial charge in [-0.05, 0) is 52.4 Å². The molecule has 0 bridgehead atoms. The van der Waals surface area contributed by atoms with Crippen LogP contribution in [0.4, 0.5) is 0 Å². The summed E-state index contributed by atoms with van der Waals surface area (Å²) < 4.78 is 0. The maximum Gasteiger partial charge on any atom is 0.0229 e. The van der Waals surface area contributed by atoms with E-state index in [0.29, 0.717) is 0 Å². The first kappa shape index (κ1) is 14.9. The quantitative estimate of drug-likeness (QED) is 0.652. The Morgan fingerprint density at radius 3 is 2.65 bits per heavy atom. The standard InChI is InChI=1S/C14H31N3/c1-13(2)6-5-8-15-9-11-17-10-7-14(12-17)16(3)4/h13-15H,5-12H2,1-4H3. The molecule has 1 fully saturated rings. The fourth-order valence-electron chi connectivity index (χ4n) is 2.43. The maximum absolute atomic E-state index is 3.56. The third-order valence-electron chi connectivity index (χ3n) is 3.72. The molecule has 1 heterocycles. The van der Waals surface area contributed by atoms with E-state index in [2.05, 4.69) is 43.1 Å². The molecule has 102 valence electrons. The summed E-state index contributed by atoms with van der Waals surface area (Å²) in [7, 11) is 4.39. The minimum absolute atomic E-state index is 0.774. The molecule has 0 aromatic heterocycles. The highest BCUT2D eigenvalue weighted by molar-refractivity contribution is 4.80. The van der Waals surface area contributed by atoms with Gasteiger partial charge in [-0.25, -0.2) is 0 Å². The topological polar surface area (TPSA) is 18.5 Å². The minimum Gasteiger partial charge on any atom is -0.315 e. The zero-order chi connectivity index (χ0) is 12.7. The van der Waals surface area contributed by atoms with Crippen molar-refractivity contribution >= 4 is 0 Å². The fourth-order valence-corrected chi connectivity index (χ4v) is 2.43. The SMILES string of the molecule is CC(C)CCCNCCN1CCC(N(C)C)C1. The lowest BCUT2D eigenvalue weighted by Crippen LogP contribution is -2.35. The van der Waals surface area contributed by atoms with Gasteiger partial charge in [0.25, 0.3) is 0 Å². The van der Waals surface area contributed by atoms with Crippen molar-refractivity contribution in [3.05, 3.63) is 0 Å². The van der Waals surface area contributed by atoms with Gasteiger partial charge in [0.2, 0.25) is 0 Å². The van der Waals surface area contributed by atoms with Crippen LogP contribution in [0.1, 0.15) is 33.1 Å². The summed E-state index contributed by atoms with van der Waals surface area (Å²) in [6, 6.07) is 0.774. The van der Waals surface area contributed by atoms with Crippen molar-refractivity contribution in [2.45, 2.75) is 39.2 Å². The molecule has 0 radical (unpaired) electrons. The fraction of sp³-hybridized carbons (Fsp3) is 1.00. The molecular formula is C14H31N3. The van der Waals surface area contributed by atoms with Gasteiger partial charge in [0.05, 0.1) is 0 Å². The predicted molar refractivity (Wildman–Crippen MR) is 75.5 cm³/mol. The van der Waals surface area contributed by atoms with Crippen LogP contribution in [0.15, 0.2) is 0 Å². The van der Waals surface area contributed by atoms with Crippen LogP contribution < -0.4 is 5.32 Å². The summed E-state index contributed by atoms with van der Waals surface area (Å²) in [5.74, 6) is 0.844. The van der Waals surface area contributed by atoms with Crippen LogP contribution in [-0.4, -0.2) is 62.7 Å². The van der Waals surface area contributed by atoms with Crippen LogP contribution in [0.2, 0.25) is 0 Å². The van der Waals surface area contributed by atoms with Gasteiger partial charge in [0.1, 0.15) is 0 Å². The second-order valence-electron chi connectivity index (χ2n) is 5.99. The second kappa shape index (κ2) is 8.06. The number of nitrogens with one attached hydrogen (secondary N) is 1. The van der Waals surface area contributed by atoms with Crippen molar-refractivity contribution in [2.24, 2.45) is 5.92 Å². The molecule has 1 atom stereocenters. The molecule has 0 saturated carbocycles. The van der Waals surface area contributed by atoms with Crippen LogP contribution in [-0.2, 0) is 0 Å². The van der Waals surface area contributed by atoms with Crippen LogP contribution >= 0.6 is 0 Å². The zero-order valence-corrected chi connectivity index (χ0v) is 12.2. The van der Waals surface area contributed by atoms with Crippen LogP contribution in [0, 0.1) is 5.92 Å². The average Bonchev–Trinajstić information content (AvgIpc) is 2.71. The molecule has 1 N–H and O–H groups in total. The first-order chi connectivity index (χ1) is 8.09. The molecule has 1 saturated heterocycles. The molecule has 0 amide bonds. The second-order valence-corrected chi connectivity index (χ2v) is 5.99. The summed E-state index contributed by atoms with van der Waals surface area (Å²) >= 11 is 0. The highest BCUT2D eigenvalue weighted by Crippen LogP contribution is 2.11. The van der Waals surface area contributed by atoms with Gasteiger partial charge in [-0.2, -0.15) is 0 Å². The summed E-state index contributed by atoms with van der Waals surface area (Å²) in [4.78, 5) is 4.94. The highest BCUT2D eigenvalue weighted by atomic mass is 15.2. The smallest absolute Gasteiger partial charge is 0.0229 e. The number of hydrogen-bond acceptors (Lipinski definition) is 3. The van der Waals surface area contributed by atoms with E-state index in [1.807, 2.05) is 0 Å². The number of nitrogens with zero attached hydrogens (tertiary/aromatic N) is 2. The number of likely N-dealkylation sites (N-methyl/N-ethyl adjacent to an activating group) is 1. The number of rotatable bonds is 8. The third-order valence-corrected chi connectivity index (χ3v) is 3.72. The molecule has 17 heavy (non-hydrogen) atoms. The molecule has 1 aliphatic heterocycles. The monoisotopic (exact) mass is 241 g/mol. The molecule has 3 nitrogen and oxygen atoms in total. The lowest BCUT2D eigenvalue weighted by Gasteiger charge is -2.20. The van der Waals surface area contributed by atoms with Crippen LogP contribution in [0.25, 0.3) is 0 Å². The van der Waals surface area contributed by atoms with Gasteiger partial charge in [0.15, 0.2) is 0 Å². The van der Waals surface area contributed by atoms with Crippen molar-refractivity contribution in [3.8, 4) is 0 Å². The average molecular weight is 241 g/mol. The molecule has 0 aromatic rings. The minimum atomic E-state index is 0.774. The van der Waals surface area contributed by atoms with E-state index in [1.54, 1.807) is 0 Å². The third kappa shape index (κ3) is 6.39. The van der Waals surface area contributed by atoms with Gasteiger partial charge < -0.3 is 15.1 Å². The van der Waals surface area contributed by atoms with Gasteiger partial charge in [-0.1, -0.05) is 13.8 Å². The van der Waals surface area contributed by atoms with Crippen LogP contribution in [0.5, 0.6) is 0 Å². The van der Waals surface area contributed by atoms with Gasteiger partial charge in [0, 0.05) is 25.7 Å². The predicted octanol–water partition coefficient (Wildman–Crippen LogP) is 1.65. The lowest BCUT2D eigenvalue weighted by molar-refractivity contribution is 0.268. The van der Waals surface area contributed by atoms with Crippen LogP contribution in [0.3, 0.4) is 0 Å². The Bertz CT molecular complexity index is 192. The summed E-state index contributed by atoms with van der Waals surface area (Å²) in [6.45, 7) is 10.7. The van der Waals surface area contributed by atoms with Crippen molar-refractivity contribution < 1.29 is 0 Å². The molecule has 0 spiro atoms. The van der Waals surface area contributed by atoms with Crippen molar-refractivity contribution in [1.29, 1.82) is 0 Å². The number of likely N-dealkylation sites (tertiary alicyclic amines) is 1. The Morgan fingerprint density at radius 2 is 2.06 bits per heavy atom. The van der Waals surface area contributed by atoms with Crippen molar-refractivity contribution in [2.75, 3.05) is 46.8 Å². The molecular weight excluding hydrogens is 210 g/mol. The molecule has 1 rings (SSSR count). The molecule has 1 aliphatic rings. The lowest BCUT2D eigenvalue weighted by atomic mass is 10.1. The largest absolute Gasteiger partial charge is 0.315 e. The Balaban J connectivity index is 1.94. The van der Waals surface area contributed by atoms with Gasteiger partial charge in [-0.3, -0.25) is 0 Å². The van der Waals surface area contributed by atoms with Gasteiger partial charge >= 0.3 is 0 Å². The van der Waals surface area contributed by atoms with Crippen molar-refractivity contribution in [3.63, 3.8) is 0 Å². The van der Waals surface area contributed by atoms with E-state index < -0.39 is 0 Å². The Hall–Kier alpha value is -0.120. The van der Waals surface area contributed by atoms with E-state index >= 15 is 0 Å². The zero-order valence-electron chi connectivity index (χ0n) is 12.2. The molecule has 1 unspecified atom stereocenters. The highest BCUT2D eigenvalue weighted by Gasteiger charge is 2.22. The van der Waals surface area contributed by atoms with Crippen molar-refractivity contribution in [1.82, 2.24) is 15.1 Å². The maximum atomic E-state index is 3.56. The molecule has 0 aromatic carbocycles. The summed E-state index contributed by atoms with van der Waals surface area (Å²) in [6.07, 6.45) is 4.00. The Labute approximate surface area is 108 Å². The first-order valence-corrected chi connectivity index (χ1v) is 7.19. The normalized spacial score (nSPS) is 21.9. The summed E-state index contributed by atoms with van der Waals surface area (Å²) in [5, 5.41) is 3.56. The Kier molecular flexibility index (Phi) is 7.09. The first-order valence-electron chi connectivity index (χ1n) is 7.19. The van der Waals surface area contributed by atoms with E-state index in [0.717, 1.165) is 18.5 Å². The van der Waals surface area contributed by atoms with E-state index in [-0.39, 0.29) is 0 Å².